The summed E-state index contributed by atoms with van der Waals surface area (Å²) in [6.07, 6.45) is 4.31. The van der Waals surface area contributed by atoms with Gasteiger partial charge in [-0.1, -0.05) is 36.4 Å². The first-order valence-corrected chi connectivity index (χ1v) is 9.12. The second-order valence-electron chi connectivity index (χ2n) is 6.86. The van der Waals surface area contributed by atoms with Crippen molar-refractivity contribution in [2.75, 3.05) is 11.1 Å². The largest absolute Gasteiger partial charge is 0.469 e. The summed E-state index contributed by atoms with van der Waals surface area (Å²) in [4.78, 5) is 24.9. The molecule has 3 aromatic rings. The van der Waals surface area contributed by atoms with E-state index >= 15 is 0 Å². The minimum Gasteiger partial charge on any atom is -0.469 e. The van der Waals surface area contributed by atoms with Crippen molar-refractivity contribution >= 4 is 22.9 Å². The minimum atomic E-state index is -0.103. The van der Waals surface area contributed by atoms with Crippen LogP contribution in [0.15, 0.2) is 83.1 Å². The maximum absolute atomic E-state index is 12.7. The van der Waals surface area contributed by atoms with Crippen LogP contribution >= 0.6 is 0 Å². The molecule has 1 heterocycles. The third-order valence-corrected chi connectivity index (χ3v) is 4.79. The number of allylic oxidation sites excluding steroid dienone is 2. The van der Waals surface area contributed by atoms with Crippen molar-refractivity contribution in [3.63, 3.8) is 0 Å². The van der Waals surface area contributed by atoms with E-state index in [-0.39, 0.29) is 17.5 Å². The van der Waals surface area contributed by atoms with Crippen LogP contribution in [0, 0.1) is 0 Å². The summed E-state index contributed by atoms with van der Waals surface area (Å²) in [5.74, 6) is 0.703. The highest BCUT2D eigenvalue weighted by Crippen LogP contribution is 2.31. The van der Waals surface area contributed by atoms with Crippen molar-refractivity contribution in [1.29, 1.82) is 0 Å². The number of hydrogen-bond donors (Lipinski definition) is 2. The molecule has 1 aliphatic rings. The van der Waals surface area contributed by atoms with Crippen LogP contribution in [0.25, 0.3) is 0 Å². The monoisotopic (exact) mass is 372 g/mol. The minimum absolute atomic E-state index is 0.0780. The first-order valence-electron chi connectivity index (χ1n) is 9.12. The van der Waals surface area contributed by atoms with Crippen LogP contribution in [0.4, 0.5) is 11.4 Å². The van der Waals surface area contributed by atoms with Crippen LogP contribution in [0.5, 0.6) is 0 Å². The zero-order chi connectivity index (χ0) is 19.5. The molecule has 2 aromatic carbocycles. The number of nitrogens with one attached hydrogen (secondary N) is 1. The van der Waals surface area contributed by atoms with Gasteiger partial charge in [0.05, 0.1) is 17.6 Å². The summed E-state index contributed by atoms with van der Waals surface area (Å²) in [6.45, 7) is 0. The lowest BCUT2D eigenvalue weighted by atomic mass is 9.90. The van der Waals surface area contributed by atoms with Crippen molar-refractivity contribution in [1.82, 2.24) is 0 Å². The highest BCUT2D eigenvalue weighted by atomic mass is 16.3. The molecule has 140 valence electrons. The van der Waals surface area contributed by atoms with E-state index in [1.165, 1.54) is 0 Å². The van der Waals surface area contributed by atoms with Crippen LogP contribution in [-0.4, -0.2) is 11.6 Å². The SMILES string of the molecule is Nc1ccc(C(=O)c2ccccc2)cc1NC1=CC(c2ccco2)CC(=O)C1. The van der Waals surface area contributed by atoms with Gasteiger partial charge in [0.25, 0.3) is 0 Å². The van der Waals surface area contributed by atoms with Crippen LogP contribution < -0.4 is 11.1 Å². The average molecular weight is 372 g/mol. The van der Waals surface area contributed by atoms with E-state index in [0.29, 0.717) is 35.3 Å². The topological polar surface area (TPSA) is 85.3 Å². The fourth-order valence-corrected chi connectivity index (χ4v) is 3.40. The first kappa shape index (κ1) is 17.8. The fourth-order valence-electron chi connectivity index (χ4n) is 3.40. The Hall–Kier alpha value is -3.60. The van der Waals surface area contributed by atoms with E-state index in [1.807, 2.05) is 36.4 Å². The van der Waals surface area contributed by atoms with Gasteiger partial charge in [0.1, 0.15) is 11.5 Å². The van der Waals surface area contributed by atoms with E-state index in [0.717, 1.165) is 11.5 Å². The smallest absolute Gasteiger partial charge is 0.193 e. The molecule has 28 heavy (non-hydrogen) atoms. The Kier molecular flexibility index (Phi) is 4.81. The highest BCUT2D eigenvalue weighted by molar-refractivity contribution is 6.09. The predicted octanol–water partition coefficient (Wildman–Crippen LogP) is 4.54. The lowest BCUT2D eigenvalue weighted by Crippen LogP contribution is -2.17. The number of rotatable bonds is 5. The molecule has 1 aliphatic carbocycles. The molecule has 3 N–H and O–H groups in total. The van der Waals surface area contributed by atoms with Gasteiger partial charge in [-0.05, 0) is 30.3 Å². The Morgan fingerprint density at radius 2 is 1.86 bits per heavy atom. The second-order valence-corrected chi connectivity index (χ2v) is 6.86. The first-order chi connectivity index (χ1) is 13.6. The van der Waals surface area contributed by atoms with Gasteiger partial charge < -0.3 is 15.5 Å². The maximum Gasteiger partial charge on any atom is 0.193 e. The molecule has 0 amide bonds. The molecule has 0 spiro atoms. The number of carbonyl (C=O) groups is 2. The number of furan rings is 1. The lowest BCUT2D eigenvalue weighted by Gasteiger charge is -2.21. The van der Waals surface area contributed by atoms with Crippen molar-refractivity contribution < 1.29 is 14.0 Å². The van der Waals surface area contributed by atoms with E-state index in [9.17, 15) is 9.59 Å². The number of ketones is 2. The number of nitrogen functional groups attached to an aromatic ring is 1. The molecule has 1 aromatic heterocycles. The van der Waals surface area contributed by atoms with Gasteiger partial charge in [-0.25, -0.2) is 0 Å². The molecule has 0 saturated heterocycles. The predicted molar refractivity (Wildman–Crippen MR) is 108 cm³/mol. The van der Waals surface area contributed by atoms with Crippen molar-refractivity contribution in [3.05, 3.63) is 95.6 Å². The lowest BCUT2D eigenvalue weighted by molar-refractivity contribution is -0.119. The third kappa shape index (κ3) is 3.74. The van der Waals surface area contributed by atoms with Gasteiger partial charge in [0, 0.05) is 35.6 Å². The van der Waals surface area contributed by atoms with Gasteiger partial charge in [-0.3, -0.25) is 9.59 Å². The molecule has 0 bridgehead atoms. The molecule has 0 fully saturated rings. The van der Waals surface area contributed by atoms with Crippen LogP contribution in [0.1, 0.15) is 40.4 Å². The number of nitrogens with two attached hydrogens (primary N) is 1. The van der Waals surface area contributed by atoms with E-state index in [2.05, 4.69) is 5.32 Å². The van der Waals surface area contributed by atoms with Gasteiger partial charge >= 0.3 is 0 Å². The van der Waals surface area contributed by atoms with E-state index in [4.69, 9.17) is 10.2 Å². The summed E-state index contributed by atoms with van der Waals surface area (Å²) in [5, 5.41) is 3.24. The Morgan fingerprint density at radius 1 is 1.04 bits per heavy atom. The molecule has 1 atom stereocenters. The normalized spacial score (nSPS) is 16.5. The molecule has 5 heteroatoms. The Labute approximate surface area is 162 Å². The molecular formula is C23H20N2O3. The molecule has 1 unspecified atom stereocenters. The van der Waals surface area contributed by atoms with Gasteiger partial charge in [-0.15, -0.1) is 0 Å². The van der Waals surface area contributed by atoms with Crippen molar-refractivity contribution in [2.24, 2.45) is 0 Å². The van der Waals surface area contributed by atoms with E-state index in [1.54, 1.807) is 36.6 Å². The second kappa shape index (κ2) is 7.56. The van der Waals surface area contributed by atoms with Gasteiger partial charge in [0.15, 0.2) is 5.78 Å². The summed E-state index contributed by atoms with van der Waals surface area (Å²) in [5.41, 5.74) is 9.14. The molecular weight excluding hydrogens is 352 g/mol. The highest BCUT2D eigenvalue weighted by Gasteiger charge is 2.23. The zero-order valence-corrected chi connectivity index (χ0v) is 15.2. The fraction of sp³-hybridized carbons (Fsp3) is 0.130. The molecule has 4 rings (SSSR count). The Morgan fingerprint density at radius 3 is 2.61 bits per heavy atom. The van der Waals surface area contributed by atoms with Crippen molar-refractivity contribution in [3.8, 4) is 0 Å². The van der Waals surface area contributed by atoms with Crippen molar-refractivity contribution in [2.45, 2.75) is 18.8 Å². The Balaban J connectivity index is 1.61. The zero-order valence-electron chi connectivity index (χ0n) is 15.2. The quantitative estimate of drug-likeness (QED) is 0.507. The number of carbonyl (C=O) groups excluding carboxylic acids is 2. The van der Waals surface area contributed by atoms with Crippen LogP contribution in [0.3, 0.4) is 0 Å². The van der Waals surface area contributed by atoms with Crippen LogP contribution in [0.2, 0.25) is 0 Å². The summed E-state index contributed by atoms with van der Waals surface area (Å²) in [7, 11) is 0. The van der Waals surface area contributed by atoms with E-state index < -0.39 is 0 Å². The number of benzene rings is 2. The summed E-state index contributed by atoms with van der Waals surface area (Å²) in [6, 6.07) is 17.9. The van der Waals surface area contributed by atoms with Gasteiger partial charge in [-0.2, -0.15) is 0 Å². The average Bonchev–Trinajstić information content (AvgIpc) is 3.24. The molecule has 5 nitrogen and oxygen atoms in total. The molecule has 0 saturated carbocycles. The molecule has 0 aliphatic heterocycles. The van der Waals surface area contributed by atoms with Gasteiger partial charge in [0.2, 0.25) is 0 Å². The molecule has 0 radical (unpaired) electrons. The summed E-state index contributed by atoms with van der Waals surface area (Å²) < 4.78 is 5.45. The summed E-state index contributed by atoms with van der Waals surface area (Å²) >= 11 is 0. The standard InChI is InChI=1S/C23H20N2O3/c24-20-9-8-16(23(27)15-5-2-1-3-6-15)13-21(20)25-18-11-17(12-19(26)14-18)22-7-4-10-28-22/h1-11,13,17,25H,12,14,24H2. The number of hydrogen-bond acceptors (Lipinski definition) is 5. The number of anilines is 2. The Bertz CT molecular complexity index is 1040. The van der Waals surface area contributed by atoms with Crippen LogP contribution in [-0.2, 0) is 4.79 Å². The third-order valence-electron chi connectivity index (χ3n) is 4.79. The maximum atomic E-state index is 12.7. The number of Topliss-reactive ketones (excluding diaryl/α,β-unsaturated/α-hetero) is 1.